The number of hydrogen-bond acceptors (Lipinski definition) is 17. The summed E-state index contributed by atoms with van der Waals surface area (Å²) >= 11 is 0. The van der Waals surface area contributed by atoms with E-state index in [4.69, 9.17) is 37.9 Å². The van der Waals surface area contributed by atoms with Crippen molar-refractivity contribution in [1.29, 1.82) is 0 Å². The van der Waals surface area contributed by atoms with Crippen LogP contribution in [0.25, 0.3) is 0 Å². The molecular formula is C48H72O17. The van der Waals surface area contributed by atoms with Crippen LogP contribution in [-0.4, -0.2) is 131 Å². The fourth-order valence-corrected chi connectivity index (χ4v) is 8.21. The van der Waals surface area contributed by atoms with Gasteiger partial charge in [-0.2, -0.15) is 0 Å². The molecule has 65 heavy (non-hydrogen) atoms. The molecule has 0 aliphatic carbocycles. The van der Waals surface area contributed by atoms with Gasteiger partial charge >= 0.3 is 29.8 Å². The van der Waals surface area contributed by atoms with Gasteiger partial charge in [-0.05, 0) is 38.2 Å². The van der Waals surface area contributed by atoms with Crippen LogP contribution in [0.1, 0.15) is 120 Å². The van der Waals surface area contributed by atoms with E-state index in [2.05, 4.69) is 6.58 Å². The lowest BCUT2D eigenvalue weighted by Crippen LogP contribution is -2.62. The fourth-order valence-electron chi connectivity index (χ4n) is 8.21. The summed E-state index contributed by atoms with van der Waals surface area (Å²) in [5.41, 5.74) is -1.45. The Labute approximate surface area is 382 Å². The highest BCUT2D eigenvalue weighted by molar-refractivity contribution is 5.84. The van der Waals surface area contributed by atoms with E-state index in [-0.39, 0.29) is 44.1 Å². The van der Waals surface area contributed by atoms with Gasteiger partial charge in [0.25, 0.3) is 0 Å². The second-order valence-corrected chi connectivity index (χ2v) is 18.7. The van der Waals surface area contributed by atoms with Crippen molar-refractivity contribution in [3.63, 3.8) is 0 Å². The van der Waals surface area contributed by atoms with E-state index in [0.29, 0.717) is 6.42 Å². The second kappa shape index (κ2) is 24.0. The van der Waals surface area contributed by atoms with E-state index in [0.717, 1.165) is 24.5 Å². The lowest BCUT2D eigenvalue weighted by molar-refractivity contribution is -0.348. The highest BCUT2D eigenvalue weighted by Gasteiger charge is 2.59. The molecule has 3 saturated heterocycles. The van der Waals surface area contributed by atoms with E-state index < -0.39 is 114 Å². The number of ether oxygens (including phenoxy) is 8. The van der Waals surface area contributed by atoms with Gasteiger partial charge in [0.15, 0.2) is 11.9 Å². The first-order valence-corrected chi connectivity index (χ1v) is 22.2. The van der Waals surface area contributed by atoms with E-state index >= 15 is 0 Å². The van der Waals surface area contributed by atoms with E-state index in [1.807, 2.05) is 13.0 Å². The predicted octanol–water partition coefficient (Wildman–Crippen LogP) is 4.92. The number of aliphatic hydroxyl groups excluding tert-OH is 2. The summed E-state index contributed by atoms with van der Waals surface area (Å²) in [6.07, 6.45) is 2.29. The van der Waals surface area contributed by atoms with E-state index in [1.165, 1.54) is 46.3 Å². The molecule has 0 saturated carbocycles. The first-order chi connectivity index (χ1) is 30.3. The summed E-state index contributed by atoms with van der Waals surface area (Å²) < 4.78 is 45.5. The van der Waals surface area contributed by atoms with Crippen LogP contribution >= 0.6 is 0 Å². The normalized spacial score (nSPS) is 30.9. The maximum Gasteiger partial charge on any atom is 0.331 e. The van der Waals surface area contributed by atoms with Crippen LogP contribution in [0.5, 0.6) is 0 Å². The van der Waals surface area contributed by atoms with Crippen LogP contribution in [0.4, 0.5) is 0 Å². The Balaban J connectivity index is 1.80. The van der Waals surface area contributed by atoms with Crippen LogP contribution in [0.2, 0.25) is 0 Å². The lowest BCUT2D eigenvalue weighted by Gasteiger charge is -2.53. The summed E-state index contributed by atoms with van der Waals surface area (Å²) in [5.74, 6) is -7.84. The van der Waals surface area contributed by atoms with Gasteiger partial charge < -0.3 is 58.3 Å². The summed E-state index contributed by atoms with van der Waals surface area (Å²) in [5, 5.41) is 46.5. The van der Waals surface area contributed by atoms with E-state index in [9.17, 15) is 44.4 Å². The molecule has 3 fully saturated rings. The van der Waals surface area contributed by atoms with Crippen molar-refractivity contribution in [1.82, 2.24) is 0 Å². The Morgan fingerprint density at radius 2 is 1.55 bits per heavy atom. The molecule has 3 heterocycles. The van der Waals surface area contributed by atoms with Crippen LogP contribution in [-0.2, 0) is 61.9 Å². The quantitative estimate of drug-likeness (QED) is 0.0442. The largest absolute Gasteiger partial charge is 0.466 e. The molecule has 3 aliphatic rings. The average Bonchev–Trinajstić information content (AvgIpc) is 3.19. The standard InChI is InChI=1S/C48H72O17/c1-12-14-15-16-17-18-40(52)63-44-32(23-42(54)59-11)22-35(65-48(44,57)45(5,6)7)26-38(29(3)49)62-43(55)25-33(51)24-36-27-39(60-30(4)50)46(8,9)47(56,64-36)28-37-20-31(21-41(53)58-10)19-34(13-2)61-37/h13,15-18,21,23,29,33-39,44,49,51,56-57H,2,12,14,19-20,22,24-28H2,1,3-11H3/b16-15+,18-17+,31-21+,32-23+/t29-,33-,34+,35?,36-,37+,38-,39+,44+,47+,48-/m1/s1. The van der Waals surface area contributed by atoms with Crippen molar-refractivity contribution < 1.29 is 82.3 Å². The molecule has 3 aliphatic heterocycles. The van der Waals surface area contributed by atoms with Gasteiger partial charge in [0.05, 0.1) is 62.7 Å². The Kier molecular flexibility index (Phi) is 20.3. The minimum Gasteiger partial charge on any atom is -0.466 e. The molecule has 0 radical (unpaired) electrons. The maximum atomic E-state index is 13.4. The zero-order valence-electron chi connectivity index (χ0n) is 39.6. The minimum atomic E-state index is -2.22. The molecule has 11 atom stereocenters. The van der Waals surface area contributed by atoms with Gasteiger partial charge in [0.1, 0.15) is 12.2 Å². The molecule has 3 rings (SSSR count). The number of allylic oxidation sites excluding steroid dienone is 3. The molecule has 0 aromatic carbocycles. The number of hydrogen-bond donors (Lipinski definition) is 4. The van der Waals surface area contributed by atoms with Crippen molar-refractivity contribution in [2.24, 2.45) is 10.8 Å². The van der Waals surface area contributed by atoms with Gasteiger partial charge in [0.2, 0.25) is 5.79 Å². The monoisotopic (exact) mass is 920 g/mol. The van der Waals surface area contributed by atoms with Crippen molar-refractivity contribution in [3.8, 4) is 0 Å². The fraction of sp³-hybridized carbons (Fsp3) is 0.688. The van der Waals surface area contributed by atoms with Gasteiger partial charge in [0, 0.05) is 56.3 Å². The summed E-state index contributed by atoms with van der Waals surface area (Å²) in [7, 11) is 2.44. The number of methoxy groups -OCH3 is 2. The summed E-state index contributed by atoms with van der Waals surface area (Å²) in [4.78, 5) is 63.4. The highest BCUT2D eigenvalue weighted by atomic mass is 16.7. The van der Waals surface area contributed by atoms with Crippen molar-refractivity contribution in [2.45, 2.75) is 186 Å². The molecule has 4 N–H and O–H groups in total. The van der Waals surface area contributed by atoms with Gasteiger partial charge in [-0.25, -0.2) is 14.4 Å². The molecule has 17 heteroatoms. The lowest BCUT2D eigenvalue weighted by atomic mass is 9.70. The maximum absolute atomic E-state index is 13.4. The molecule has 0 amide bonds. The highest BCUT2D eigenvalue weighted by Crippen LogP contribution is 2.49. The smallest absolute Gasteiger partial charge is 0.331 e. The van der Waals surface area contributed by atoms with Gasteiger partial charge in [-0.15, -0.1) is 6.58 Å². The van der Waals surface area contributed by atoms with Gasteiger partial charge in [-0.3, -0.25) is 9.59 Å². The number of rotatable bonds is 19. The van der Waals surface area contributed by atoms with Crippen LogP contribution < -0.4 is 0 Å². The Hall–Kier alpha value is -4.23. The topological polar surface area (TPSA) is 240 Å². The predicted molar refractivity (Wildman–Crippen MR) is 235 cm³/mol. The number of unbranched alkanes of at least 4 members (excludes halogenated alkanes) is 1. The van der Waals surface area contributed by atoms with Gasteiger partial charge in [-0.1, -0.05) is 77.8 Å². The Bertz CT molecular complexity index is 1790. The molecule has 0 aromatic rings. The number of aliphatic hydroxyl groups is 4. The molecule has 0 aromatic heterocycles. The van der Waals surface area contributed by atoms with Crippen molar-refractivity contribution in [3.05, 3.63) is 60.3 Å². The SMILES string of the molecule is C=C[C@H]1C/C(=C\C(=O)OC)C[C@@H](C[C@]2(O)O[C@H](C[C@@H](O)CC(=O)O[C@H](CC3C/C(=C\C(=O)OC)[C@H](OC(=O)/C=C/C=C/CCC)[C@](O)(C(C)(C)C)O3)[C@@H](C)O)C[C@H](OC(C)=O)C2(C)C)O1. The summed E-state index contributed by atoms with van der Waals surface area (Å²) in [6, 6.07) is 0. The molecule has 1 unspecified atom stereocenters. The van der Waals surface area contributed by atoms with Crippen molar-refractivity contribution in [2.75, 3.05) is 14.2 Å². The van der Waals surface area contributed by atoms with Crippen LogP contribution in [0, 0.1) is 10.8 Å². The first-order valence-electron chi connectivity index (χ1n) is 22.2. The Morgan fingerprint density at radius 3 is 2.14 bits per heavy atom. The first kappa shape index (κ1) is 55.1. The molecule has 366 valence electrons. The number of carbonyl (C=O) groups is 5. The molecule has 0 bridgehead atoms. The second-order valence-electron chi connectivity index (χ2n) is 18.7. The number of esters is 5. The molecular weight excluding hydrogens is 849 g/mol. The third-order valence-corrected chi connectivity index (χ3v) is 12.1. The number of carbonyl (C=O) groups excluding carboxylic acids is 5. The minimum absolute atomic E-state index is 0.0608. The third-order valence-electron chi connectivity index (χ3n) is 12.1. The Morgan fingerprint density at radius 1 is 0.892 bits per heavy atom. The third kappa shape index (κ3) is 15.4. The zero-order chi connectivity index (χ0) is 48.9. The molecule has 0 spiro atoms. The van der Waals surface area contributed by atoms with Crippen molar-refractivity contribution >= 4 is 29.8 Å². The zero-order valence-corrected chi connectivity index (χ0v) is 39.6. The summed E-state index contributed by atoms with van der Waals surface area (Å²) in [6.45, 7) is 16.8. The van der Waals surface area contributed by atoms with E-state index in [1.54, 1.807) is 46.8 Å². The van der Waals surface area contributed by atoms with Crippen LogP contribution in [0.3, 0.4) is 0 Å². The average molecular weight is 921 g/mol. The molecule has 17 nitrogen and oxygen atoms in total. The van der Waals surface area contributed by atoms with Crippen LogP contribution in [0.15, 0.2) is 60.3 Å².